The topological polar surface area (TPSA) is 32.3 Å². The number of carbonyl (C=O) groups is 1. The van der Waals surface area contributed by atoms with Crippen LogP contribution in [-0.4, -0.2) is 37.0 Å². The van der Waals surface area contributed by atoms with Crippen LogP contribution >= 0.6 is 12.4 Å². The van der Waals surface area contributed by atoms with E-state index in [1.807, 2.05) is 0 Å². The molecule has 4 fully saturated rings. The quantitative estimate of drug-likeness (QED) is 0.859. The van der Waals surface area contributed by atoms with E-state index in [4.69, 9.17) is 0 Å². The minimum atomic E-state index is 0. The van der Waals surface area contributed by atoms with E-state index < -0.39 is 0 Å². The molecule has 4 aliphatic rings. The van der Waals surface area contributed by atoms with E-state index in [1.165, 1.54) is 38.6 Å². The second kappa shape index (κ2) is 5.25. The number of hydrogen-bond acceptors (Lipinski definition) is 2. The third-order valence-electron chi connectivity index (χ3n) is 5.56. The molecule has 2 unspecified atom stereocenters. The first-order valence-electron chi connectivity index (χ1n) is 7.82. The summed E-state index contributed by atoms with van der Waals surface area (Å²) < 4.78 is 0. The molecule has 4 rings (SSSR count). The van der Waals surface area contributed by atoms with Crippen molar-refractivity contribution in [1.82, 2.24) is 10.2 Å². The Balaban J connectivity index is 0.00000110. The Hall–Kier alpha value is -0.280. The first-order chi connectivity index (χ1) is 8.83. The average molecular weight is 285 g/mol. The first kappa shape index (κ1) is 13.7. The first-order valence-corrected chi connectivity index (χ1v) is 7.82. The molecule has 19 heavy (non-hydrogen) atoms. The molecule has 3 nitrogen and oxygen atoms in total. The summed E-state index contributed by atoms with van der Waals surface area (Å²) in [5.41, 5.74) is 0. The summed E-state index contributed by atoms with van der Waals surface area (Å²) in [6, 6.07) is 0. The smallest absolute Gasteiger partial charge is 0.226 e. The highest BCUT2D eigenvalue weighted by atomic mass is 35.5. The fraction of sp³-hybridized carbons (Fsp3) is 0.933. The van der Waals surface area contributed by atoms with Crippen molar-refractivity contribution in [1.29, 1.82) is 0 Å². The van der Waals surface area contributed by atoms with E-state index in [0.29, 0.717) is 11.8 Å². The van der Waals surface area contributed by atoms with Crippen LogP contribution in [0, 0.1) is 29.6 Å². The number of nitrogens with zero attached hydrogens (tertiary/aromatic N) is 1. The minimum Gasteiger partial charge on any atom is -0.342 e. The van der Waals surface area contributed by atoms with Crippen LogP contribution in [0.3, 0.4) is 0 Å². The standard InChI is InChI=1S/C15H24N2O.ClH/c18-15(14(10-1-2-10)11-3-4-11)17-6-5-12-7-16-8-13(12)9-17;/h10-14,16H,1-9H2;1H. The average Bonchev–Trinajstić information content (AvgIpc) is 3.30. The molecule has 1 amide bonds. The molecule has 2 heterocycles. The van der Waals surface area contributed by atoms with E-state index in [2.05, 4.69) is 10.2 Å². The van der Waals surface area contributed by atoms with Crippen LogP contribution in [-0.2, 0) is 4.79 Å². The summed E-state index contributed by atoms with van der Waals surface area (Å²) in [5.74, 6) is 4.02. The zero-order valence-electron chi connectivity index (χ0n) is 11.5. The van der Waals surface area contributed by atoms with Crippen LogP contribution in [0.1, 0.15) is 32.1 Å². The summed E-state index contributed by atoms with van der Waals surface area (Å²) in [6.07, 6.45) is 6.48. The number of hydrogen-bond donors (Lipinski definition) is 1. The van der Waals surface area contributed by atoms with E-state index >= 15 is 0 Å². The fourth-order valence-corrected chi connectivity index (χ4v) is 4.14. The number of amides is 1. The van der Waals surface area contributed by atoms with E-state index in [-0.39, 0.29) is 12.4 Å². The van der Waals surface area contributed by atoms with Gasteiger partial charge in [-0.2, -0.15) is 0 Å². The van der Waals surface area contributed by atoms with Gasteiger partial charge in [-0.25, -0.2) is 0 Å². The number of halogens is 1. The monoisotopic (exact) mass is 284 g/mol. The van der Waals surface area contributed by atoms with E-state index in [0.717, 1.165) is 43.3 Å². The van der Waals surface area contributed by atoms with Gasteiger partial charge in [0.2, 0.25) is 5.91 Å². The van der Waals surface area contributed by atoms with Crippen molar-refractivity contribution >= 4 is 18.3 Å². The van der Waals surface area contributed by atoms with Crippen molar-refractivity contribution in [2.75, 3.05) is 26.2 Å². The van der Waals surface area contributed by atoms with Crippen molar-refractivity contribution in [2.24, 2.45) is 29.6 Å². The van der Waals surface area contributed by atoms with Crippen LogP contribution in [0.25, 0.3) is 0 Å². The molecule has 0 aromatic carbocycles. The van der Waals surface area contributed by atoms with Gasteiger partial charge < -0.3 is 10.2 Å². The second-order valence-electron chi connectivity index (χ2n) is 6.95. The van der Waals surface area contributed by atoms with Gasteiger partial charge in [-0.3, -0.25) is 4.79 Å². The number of piperidine rings is 1. The lowest BCUT2D eigenvalue weighted by Gasteiger charge is -2.36. The summed E-state index contributed by atoms with van der Waals surface area (Å²) >= 11 is 0. The fourth-order valence-electron chi connectivity index (χ4n) is 4.14. The third-order valence-corrected chi connectivity index (χ3v) is 5.56. The summed E-state index contributed by atoms with van der Waals surface area (Å²) in [5, 5.41) is 3.49. The van der Waals surface area contributed by atoms with Crippen molar-refractivity contribution in [3.63, 3.8) is 0 Å². The van der Waals surface area contributed by atoms with E-state index in [9.17, 15) is 4.79 Å². The maximum Gasteiger partial charge on any atom is 0.226 e. The van der Waals surface area contributed by atoms with Crippen molar-refractivity contribution in [3.05, 3.63) is 0 Å². The molecule has 2 aliphatic heterocycles. The zero-order chi connectivity index (χ0) is 12.1. The molecule has 0 radical (unpaired) electrons. The van der Waals surface area contributed by atoms with Gasteiger partial charge in [-0.15, -0.1) is 12.4 Å². The van der Waals surface area contributed by atoms with Gasteiger partial charge in [0.05, 0.1) is 0 Å². The molecule has 108 valence electrons. The molecule has 0 aromatic rings. The van der Waals surface area contributed by atoms with Gasteiger partial charge in [-0.1, -0.05) is 0 Å². The van der Waals surface area contributed by atoms with Crippen LogP contribution < -0.4 is 5.32 Å². The summed E-state index contributed by atoms with van der Waals surface area (Å²) in [7, 11) is 0. The molecule has 4 heteroatoms. The third kappa shape index (κ3) is 2.64. The Morgan fingerprint density at radius 3 is 2.26 bits per heavy atom. The molecule has 2 aliphatic carbocycles. The maximum atomic E-state index is 12.8. The SMILES string of the molecule is Cl.O=C(C(C1CC1)C1CC1)N1CCC2CNCC2C1. The molecule has 2 saturated heterocycles. The number of carbonyl (C=O) groups excluding carboxylic acids is 1. The number of rotatable bonds is 3. The highest BCUT2D eigenvalue weighted by Crippen LogP contribution is 2.50. The zero-order valence-corrected chi connectivity index (χ0v) is 12.3. The molecular weight excluding hydrogens is 260 g/mol. The van der Waals surface area contributed by atoms with Crippen molar-refractivity contribution in [2.45, 2.75) is 32.1 Å². The van der Waals surface area contributed by atoms with Crippen LogP contribution in [0.4, 0.5) is 0 Å². The van der Waals surface area contributed by atoms with Crippen molar-refractivity contribution < 1.29 is 4.79 Å². The maximum absolute atomic E-state index is 12.8. The molecule has 1 N–H and O–H groups in total. The Morgan fingerprint density at radius 1 is 1.00 bits per heavy atom. The number of fused-ring (bicyclic) bond motifs is 1. The highest BCUT2D eigenvalue weighted by Gasteiger charge is 2.48. The predicted molar refractivity (Wildman–Crippen MR) is 77.2 cm³/mol. The Bertz CT molecular complexity index is 342. The molecule has 2 atom stereocenters. The second-order valence-corrected chi connectivity index (χ2v) is 6.95. The molecule has 2 saturated carbocycles. The number of likely N-dealkylation sites (tertiary alicyclic amines) is 1. The highest BCUT2D eigenvalue weighted by molar-refractivity contribution is 5.85. The minimum absolute atomic E-state index is 0. The summed E-state index contributed by atoms with van der Waals surface area (Å²) in [4.78, 5) is 15.0. The molecular formula is C15H25ClN2O. The lowest BCUT2D eigenvalue weighted by molar-refractivity contribution is -0.139. The van der Waals surface area contributed by atoms with Gasteiger partial charge >= 0.3 is 0 Å². The van der Waals surface area contributed by atoms with Crippen LogP contribution in [0.15, 0.2) is 0 Å². The predicted octanol–water partition coefficient (Wildman–Crippen LogP) is 1.91. The molecule has 0 spiro atoms. The lowest BCUT2D eigenvalue weighted by Crippen LogP contribution is -2.46. The van der Waals surface area contributed by atoms with Crippen LogP contribution in [0.2, 0.25) is 0 Å². The van der Waals surface area contributed by atoms with Crippen molar-refractivity contribution in [3.8, 4) is 0 Å². The molecule has 0 bridgehead atoms. The van der Waals surface area contributed by atoms with E-state index in [1.54, 1.807) is 0 Å². The van der Waals surface area contributed by atoms with Gasteiger partial charge in [-0.05, 0) is 68.9 Å². The Labute approximate surface area is 121 Å². The van der Waals surface area contributed by atoms with Gasteiger partial charge in [0.1, 0.15) is 0 Å². The Morgan fingerprint density at radius 2 is 1.63 bits per heavy atom. The summed E-state index contributed by atoms with van der Waals surface area (Å²) in [6.45, 7) is 4.37. The Kier molecular flexibility index (Phi) is 3.78. The van der Waals surface area contributed by atoms with Gasteiger partial charge in [0, 0.05) is 19.0 Å². The normalized spacial score (nSPS) is 34.1. The van der Waals surface area contributed by atoms with Crippen LogP contribution in [0.5, 0.6) is 0 Å². The lowest BCUT2D eigenvalue weighted by atomic mass is 9.87. The van der Waals surface area contributed by atoms with Gasteiger partial charge in [0.25, 0.3) is 0 Å². The van der Waals surface area contributed by atoms with Gasteiger partial charge in [0.15, 0.2) is 0 Å². The largest absolute Gasteiger partial charge is 0.342 e. The number of nitrogens with one attached hydrogen (secondary N) is 1. The molecule has 0 aromatic heterocycles.